The van der Waals surface area contributed by atoms with Gasteiger partial charge in [-0.05, 0) is 29.7 Å². The molecule has 186 valence electrons. The Bertz CT molecular complexity index is 2430. The van der Waals surface area contributed by atoms with Crippen LogP contribution in [0.5, 0.6) is 0 Å². The van der Waals surface area contributed by atoms with Crippen molar-refractivity contribution in [2.75, 3.05) is 0 Å². The van der Waals surface area contributed by atoms with Crippen LogP contribution in [-0.4, -0.2) is 18.9 Å². The molecule has 4 heterocycles. The van der Waals surface area contributed by atoms with Crippen molar-refractivity contribution in [3.63, 3.8) is 0 Å². The number of pyridine rings is 1. The predicted molar refractivity (Wildman–Crippen MR) is 165 cm³/mol. The Hall–Kier alpha value is -5.48. The summed E-state index contributed by atoms with van der Waals surface area (Å²) >= 11 is 0. The fourth-order valence-electron chi connectivity index (χ4n) is 6.41. The van der Waals surface area contributed by atoms with Crippen LogP contribution < -0.4 is 0 Å². The van der Waals surface area contributed by atoms with Crippen molar-refractivity contribution in [1.82, 2.24) is 18.9 Å². The van der Waals surface area contributed by atoms with Crippen molar-refractivity contribution in [3.8, 4) is 17.2 Å². The average Bonchev–Trinajstić information content (AvgIpc) is 3.56. The number of hydrogen-bond acceptors (Lipinski definition) is 2. The van der Waals surface area contributed by atoms with Crippen LogP contribution in [0, 0.1) is 0 Å². The molecule has 4 nitrogen and oxygen atoms in total. The molecule has 0 saturated carbocycles. The first kappa shape index (κ1) is 21.5. The highest BCUT2D eigenvalue weighted by molar-refractivity contribution is 6.19. The Balaban J connectivity index is 1.49. The monoisotopic (exact) mass is 510 g/mol. The van der Waals surface area contributed by atoms with Crippen molar-refractivity contribution < 1.29 is 0 Å². The summed E-state index contributed by atoms with van der Waals surface area (Å²) < 4.78 is 4.66. The molecule has 0 atom stereocenters. The van der Waals surface area contributed by atoms with Crippen LogP contribution in [0.2, 0.25) is 0 Å². The fourth-order valence-corrected chi connectivity index (χ4v) is 6.41. The maximum atomic E-state index is 5.25. The standard InChI is InChI=1S/C36H22N4/c1-2-12-23(13-3-1)34-27-17-6-9-19-29(27)37-36(38-34)40-31-21-11-8-18-28(31)35-33(40)22-32-26-16-5-4-14-24(26)25-15-7-10-20-30(25)39(32)35/h1-22H. The summed E-state index contributed by atoms with van der Waals surface area (Å²) in [5, 5.41) is 5.96. The summed E-state index contributed by atoms with van der Waals surface area (Å²) in [6.45, 7) is 0. The summed E-state index contributed by atoms with van der Waals surface area (Å²) in [6, 6.07) is 47.0. The Morgan fingerprint density at radius 1 is 0.425 bits per heavy atom. The quantitative estimate of drug-likeness (QED) is 0.218. The van der Waals surface area contributed by atoms with Gasteiger partial charge in [-0.2, -0.15) is 0 Å². The van der Waals surface area contributed by atoms with Gasteiger partial charge in [0.15, 0.2) is 0 Å². The lowest BCUT2D eigenvalue weighted by atomic mass is 10.1. The van der Waals surface area contributed by atoms with E-state index in [0.717, 1.165) is 33.2 Å². The van der Waals surface area contributed by atoms with Gasteiger partial charge in [0, 0.05) is 27.1 Å². The third-order valence-electron chi connectivity index (χ3n) is 8.10. The number of para-hydroxylation sites is 3. The second kappa shape index (κ2) is 8.01. The first-order valence-corrected chi connectivity index (χ1v) is 13.5. The molecule has 0 fully saturated rings. The first-order chi connectivity index (χ1) is 19.9. The van der Waals surface area contributed by atoms with Crippen LogP contribution in [0.3, 0.4) is 0 Å². The van der Waals surface area contributed by atoms with Gasteiger partial charge in [0.25, 0.3) is 0 Å². The minimum absolute atomic E-state index is 0.674. The molecule has 0 amide bonds. The van der Waals surface area contributed by atoms with E-state index < -0.39 is 0 Å². The first-order valence-electron chi connectivity index (χ1n) is 13.5. The molecule has 0 spiro atoms. The van der Waals surface area contributed by atoms with E-state index >= 15 is 0 Å². The summed E-state index contributed by atoms with van der Waals surface area (Å²) in [5.41, 5.74) is 8.68. The van der Waals surface area contributed by atoms with Gasteiger partial charge >= 0.3 is 0 Å². The van der Waals surface area contributed by atoms with E-state index in [1.54, 1.807) is 0 Å². The van der Waals surface area contributed by atoms with Gasteiger partial charge in [0.05, 0.1) is 38.8 Å². The van der Waals surface area contributed by atoms with Crippen molar-refractivity contribution >= 4 is 60.0 Å². The highest BCUT2D eigenvalue weighted by Crippen LogP contribution is 2.39. The van der Waals surface area contributed by atoms with E-state index in [1.807, 2.05) is 12.1 Å². The van der Waals surface area contributed by atoms with Gasteiger partial charge in [0.1, 0.15) is 0 Å². The maximum Gasteiger partial charge on any atom is 0.235 e. The van der Waals surface area contributed by atoms with Gasteiger partial charge in [-0.15, -0.1) is 0 Å². The van der Waals surface area contributed by atoms with Gasteiger partial charge < -0.3 is 4.40 Å². The third-order valence-corrected chi connectivity index (χ3v) is 8.10. The van der Waals surface area contributed by atoms with Gasteiger partial charge in [0.2, 0.25) is 5.95 Å². The van der Waals surface area contributed by atoms with Crippen LogP contribution in [0.15, 0.2) is 133 Å². The van der Waals surface area contributed by atoms with Gasteiger partial charge in [-0.25, -0.2) is 9.97 Å². The summed E-state index contributed by atoms with van der Waals surface area (Å²) in [7, 11) is 0. The summed E-state index contributed by atoms with van der Waals surface area (Å²) in [5.74, 6) is 0.674. The van der Waals surface area contributed by atoms with Gasteiger partial charge in [-0.3, -0.25) is 4.57 Å². The Kier molecular flexibility index (Phi) is 4.30. The van der Waals surface area contributed by atoms with E-state index in [0.29, 0.717) is 5.95 Å². The molecule has 5 aromatic carbocycles. The molecular formula is C36H22N4. The molecule has 9 aromatic rings. The molecule has 0 N–H and O–H groups in total. The zero-order valence-electron chi connectivity index (χ0n) is 21.5. The van der Waals surface area contributed by atoms with Crippen molar-refractivity contribution in [2.24, 2.45) is 0 Å². The molecule has 0 aliphatic rings. The molecular weight excluding hydrogens is 488 g/mol. The number of nitrogens with zero attached hydrogens (tertiary/aromatic N) is 4. The summed E-state index contributed by atoms with van der Waals surface area (Å²) in [4.78, 5) is 10.4. The molecule has 4 heteroatoms. The van der Waals surface area contributed by atoms with E-state index in [1.165, 1.54) is 38.1 Å². The molecule has 0 saturated heterocycles. The van der Waals surface area contributed by atoms with Crippen molar-refractivity contribution in [2.45, 2.75) is 0 Å². The predicted octanol–water partition coefficient (Wildman–Crippen LogP) is 8.95. The minimum Gasteiger partial charge on any atom is -0.306 e. The maximum absolute atomic E-state index is 5.25. The second-order valence-corrected chi connectivity index (χ2v) is 10.3. The Labute approximate surface area is 229 Å². The zero-order chi connectivity index (χ0) is 26.2. The molecule has 4 aromatic heterocycles. The largest absolute Gasteiger partial charge is 0.306 e. The van der Waals surface area contributed by atoms with E-state index in [9.17, 15) is 0 Å². The Morgan fingerprint density at radius 2 is 1.02 bits per heavy atom. The number of benzene rings is 5. The van der Waals surface area contributed by atoms with Crippen LogP contribution in [0.25, 0.3) is 77.2 Å². The van der Waals surface area contributed by atoms with E-state index in [4.69, 9.17) is 9.97 Å². The molecule has 0 unspecified atom stereocenters. The number of hydrogen-bond donors (Lipinski definition) is 0. The second-order valence-electron chi connectivity index (χ2n) is 10.3. The number of aromatic nitrogens is 4. The highest BCUT2D eigenvalue weighted by atomic mass is 15.2. The molecule has 0 aliphatic heterocycles. The van der Waals surface area contributed by atoms with Crippen LogP contribution in [0.1, 0.15) is 0 Å². The number of fused-ring (bicyclic) bond motifs is 11. The smallest absolute Gasteiger partial charge is 0.235 e. The molecule has 0 radical (unpaired) electrons. The average molecular weight is 511 g/mol. The topological polar surface area (TPSA) is 35.1 Å². The number of rotatable bonds is 2. The lowest BCUT2D eigenvalue weighted by Gasteiger charge is -2.11. The molecule has 40 heavy (non-hydrogen) atoms. The molecule has 0 bridgehead atoms. The summed E-state index contributed by atoms with van der Waals surface area (Å²) in [6.07, 6.45) is 0. The highest BCUT2D eigenvalue weighted by Gasteiger charge is 2.21. The normalized spacial score (nSPS) is 12.0. The fraction of sp³-hybridized carbons (Fsp3) is 0. The lowest BCUT2D eigenvalue weighted by molar-refractivity contribution is 1.01. The SMILES string of the molecule is c1ccc(-c2nc(-n3c4ccccc4c4c3cc3c5ccccc5c5ccccc5n34)nc3ccccc23)cc1. The van der Waals surface area contributed by atoms with E-state index in [2.05, 4.69) is 130 Å². The van der Waals surface area contributed by atoms with Gasteiger partial charge in [-0.1, -0.05) is 109 Å². The van der Waals surface area contributed by atoms with Crippen molar-refractivity contribution in [3.05, 3.63) is 133 Å². The lowest BCUT2D eigenvalue weighted by Crippen LogP contribution is -2.03. The van der Waals surface area contributed by atoms with Crippen LogP contribution in [-0.2, 0) is 0 Å². The molecule has 9 rings (SSSR count). The van der Waals surface area contributed by atoms with Crippen LogP contribution >= 0.6 is 0 Å². The molecule has 0 aliphatic carbocycles. The minimum atomic E-state index is 0.674. The zero-order valence-corrected chi connectivity index (χ0v) is 21.5. The third kappa shape index (κ3) is 2.85. The van der Waals surface area contributed by atoms with E-state index in [-0.39, 0.29) is 0 Å². The van der Waals surface area contributed by atoms with Crippen LogP contribution in [0.4, 0.5) is 0 Å². The van der Waals surface area contributed by atoms with Crippen molar-refractivity contribution in [1.29, 1.82) is 0 Å². The Morgan fingerprint density at radius 3 is 1.82 bits per heavy atom.